The van der Waals surface area contributed by atoms with Gasteiger partial charge in [0.2, 0.25) is 0 Å². The van der Waals surface area contributed by atoms with E-state index >= 15 is 0 Å². The lowest BCUT2D eigenvalue weighted by Gasteiger charge is -2.02. The number of rotatable bonds is 1. The Morgan fingerprint density at radius 2 is 2.17 bits per heavy atom. The molecule has 0 aliphatic heterocycles. The molecule has 1 unspecified atom stereocenters. The van der Waals surface area contributed by atoms with Gasteiger partial charge in [0, 0.05) is 0 Å². The van der Waals surface area contributed by atoms with Gasteiger partial charge in [-0.15, -0.1) is 0 Å². The maximum atomic E-state index is 12.8. The van der Waals surface area contributed by atoms with Gasteiger partial charge in [-0.2, -0.15) is 0 Å². The second-order valence-corrected chi connectivity index (χ2v) is 4.07. The molecule has 1 aromatic rings. The second kappa shape index (κ2) is 3.64. The average molecular weight is 253 g/mol. The summed E-state index contributed by atoms with van der Waals surface area (Å²) in [6.07, 6.45) is 0. The van der Waals surface area contributed by atoms with Gasteiger partial charge in [0.1, 0.15) is 5.82 Å². The van der Waals surface area contributed by atoms with Gasteiger partial charge in [-0.05, 0) is 40.5 Å². The van der Waals surface area contributed by atoms with Crippen LogP contribution in [0.25, 0.3) is 0 Å². The largest absolute Gasteiger partial charge is 0.302 e. The Morgan fingerprint density at radius 3 is 2.67 bits per heavy atom. The van der Waals surface area contributed by atoms with Crippen LogP contribution in [0.4, 0.5) is 4.39 Å². The summed E-state index contributed by atoms with van der Waals surface area (Å²) < 4.78 is 32.5. The molecule has 0 aliphatic carbocycles. The Hall–Kier alpha value is -0.260. The van der Waals surface area contributed by atoms with Gasteiger partial charge in [-0.1, -0.05) is 0 Å². The van der Waals surface area contributed by atoms with Crippen LogP contribution in [-0.4, -0.2) is 8.76 Å². The van der Waals surface area contributed by atoms with E-state index in [1.165, 1.54) is 6.07 Å². The molecule has 0 heterocycles. The summed E-state index contributed by atoms with van der Waals surface area (Å²) in [4.78, 5) is 0.107. The van der Waals surface area contributed by atoms with Crippen LogP contribution in [0.15, 0.2) is 21.5 Å². The van der Waals surface area contributed by atoms with E-state index in [0.717, 1.165) is 6.07 Å². The minimum absolute atomic E-state index is 0.107. The fourth-order valence-electron chi connectivity index (χ4n) is 0.816. The van der Waals surface area contributed by atoms with Crippen molar-refractivity contribution in [2.45, 2.75) is 11.8 Å². The Labute approximate surface area is 80.2 Å². The molecule has 0 saturated heterocycles. The first kappa shape index (κ1) is 9.83. The summed E-state index contributed by atoms with van der Waals surface area (Å²) in [7, 11) is 0. The van der Waals surface area contributed by atoms with Crippen molar-refractivity contribution in [2.24, 2.45) is 0 Å². The van der Waals surface area contributed by atoms with Crippen molar-refractivity contribution >= 4 is 27.0 Å². The summed E-state index contributed by atoms with van der Waals surface area (Å²) in [5, 5.41) is 0. The molecule has 1 aromatic carbocycles. The quantitative estimate of drug-likeness (QED) is 0.780. The van der Waals surface area contributed by atoms with Gasteiger partial charge in [0.25, 0.3) is 0 Å². The minimum Gasteiger partial charge on any atom is -0.302 e. The molecule has 66 valence electrons. The Bertz CT molecular complexity index is 340. The molecular formula is C7H6BrFO2S. The van der Waals surface area contributed by atoms with Crippen LogP contribution in [0.2, 0.25) is 0 Å². The second-order valence-electron chi connectivity index (χ2n) is 2.28. The van der Waals surface area contributed by atoms with E-state index in [1.807, 2.05) is 0 Å². The summed E-state index contributed by atoms with van der Waals surface area (Å²) >= 11 is 0.854. The van der Waals surface area contributed by atoms with E-state index in [2.05, 4.69) is 15.9 Å². The van der Waals surface area contributed by atoms with Gasteiger partial charge >= 0.3 is 0 Å². The molecule has 5 heteroatoms. The smallest absolute Gasteiger partial charge is 0.186 e. The molecule has 0 saturated carbocycles. The van der Waals surface area contributed by atoms with Crippen molar-refractivity contribution in [1.82, 2.24) is 0 Å². The molecule has 0 fully saturated rings. The predicted molar refractivity (Wildman–Crippen MR) is 47.9 cm³/mol. The van der Waals surface area contributed by atoms with Crippen LogP contribution >= 0.6 is 15.9 Å². The first-order chi connectivity index (χ1) is 5.52. The topological polar surface area (TPSA) is 37.3 Å². The Morgan fingerprint density at radius 1 is 1.58 bits per heavy atom. The van der Waals surface area contributed by atoms with Crippen LogP contribution < -0.4 is 0 Å². The lowest BCUT2D eigenvalue weighted by Crippen LogP contribution is -1.94. The van der Waals surface area contributed by atoms with Crippen molar-refractivity contribution in [3.8, 4) is 0 Å². The average Bonchev–Trinajstić information content (AvgIpc) is 1.96. The van der Waals surface area contributed by atoms with E-state index in [0.29, 0.717) is 10.0 Å². The molecule has 0 spiro atoms. The monoisotopic (exact) mass is 252 g/mol. The number of aryl methyl sites for hydroxylation is 1. The van der Waals surface area contributed by atoms with E-state index in [4.69, 9.17) is 4.55 Å². The van der Waals surface area contributed by atoms with E-state index in [-0.39, 0.29) is 4.90 Å². The SMILES string of the molecule is Cc1cc(Br)c(F)cc1S(=O)O. The fourth-order valence-corrected chi connectivity index (χ4v) is 1.81. The molecule has 0 aromatic heterocycles. The highest BCUT2D eigenvalue weighted by Gasteiger charge is 2.08. The molecule has 0 aliphatic rings. The first-order valence-electron chi connectivity index (χ1n) is 3.09. The molecule has 1 rings (SSSR count). The third-order valence-electron chi connectivity index (χ3n) is 1.41. The van der Waals surface area contributed by atoms with Gasteiger partial charge in [-0.25, -0.2) is 8.60 Å². The number of halogens is 2. The maximum Gasteiger partial charge on any atom is 0.186 e. The summed E-state index contributed by atoms with van der Waals surface area (Å²) in [6, 6.07) is 2.52. The highest BCUT2D eigenvalue weighted by atomic mass is 79.9. The minimum atomic E-state index is -2.12. The van der Waals surface area contributed by atoms with Crippen molar-refractivity contribution in [3.63, 3.8) is 0 Å². The van der Waals surface area contributed by atoms with Crippen molar-refractivity contribution < 1.29 is 13.2 Å². The van der Waals surface area contributed by atoms with Crippen LogP contribution in [-0.2, 0) is 11.1 Å². The highest BCUT2D eigenvalue weighted by Crippen LogP contribution is 2.21. The fraction of sp³-hybridized carbons (Fsp3) is 0.143. The van der Waals surface area contributed by atoms with Crippen LogP contribution in [0.1, 0.15) is 5.56 Å². The summed E-state index contributed by atoms with van der Waals surface area (Å²) in [5.74, 6) is -0.530. The number of benzene rings is 1. The number of hydrogen-bond donors (Lipinski definition) is 1. The molecule has 1 N–H and O–H groups in total. The van der Waals surface area contributed by atoms with E-state index in [1.54, 1.807) is 6.92 Å². The standard InChI is InChI=1S/C7H6BrFO2S/c1-4-2-5(8)6(9)3-7(4)12(10)11/h2-3H,1H3,(H,10,11). The van der Waals surface area contributed by atoms with Crippen molar-refractivity contribution in [1.29, 1.82) is 0 Å². The normalized spacial score (nSPS) is 13.0. The van der Waals surface area contributed by atoms with Crippen molar-refractivity contribution in [2.75, 3.05) is 0 Å². The zero-order chi connectivity index (χ0) is 9.30. The molecule has 0 amide bonds. The molecule has 12 heavy (non-hydrogen) atoms. The third-order valence-corrected chi connectivity index (χ3v) is 2.83. The molecular weight excluding hydrogens is 247 g/mol. The molecule has 1 atom stereocenters. The van der Waals surface area contributed by atoms with Gasteiger partial charge in [-0.3, -0.25) is 0 Å². The van der Waals surface area contributed by atoms with Gasteiger partial charge < -0.3 is 4.55 Å². The summed E-state index contributed by atoms with van der Waals surface area (Å²) in [5.41, 5.74) is 0.587. The zero-order valence-electron chi connectivity index (χ0n) is 6.17. The molecule has 2 nitrogen and oxygen atoms in total. The van der Waals surface area contributed by atoms with Crippen LogP contribution in [0, 0.1) is 12.7 Å². The Kier molecular flexibility index (Phi) is 2.98. The van der Waals surface area contributed by atoms with E-state index < -0.39 is 16.9 Å². The van der Waals surface area contributed by atoms with E-state index in [9.17, 15) is 8.60 Å². The lowest BCUT2D eigenvalue weighted by atomic mass is 10.2. The van der Waals surface area contributed by atoms with Gasteiger partial charge in [0.15, 0.2) is 11.1 Å². The number of hydrogen-bond acceptors (Lipinski definition) is 1. The van der Waals surface area contributed by atoms with Crippen LogP contribution in [0.3, 0.4) is 0 Å². The zero-order valence-corrected chi connectivity index (χ0v) is 8.58. The van der Waals surface area contributed by atoms with Crippen molar-refractivity contribution in [3.05, 3.63) is 28.0 Å². The maximum absolute atomic E-state index is 12.8. The third kappa shape index (κ3) is 1.91. The van der Waals surface area contributed by atoms with Crippen LogP contribution in [0.5, 0.6) is 0 Å². The van der Waals surface area contributed by atoms with Gasteiger partial charge in [0.05, 0.1) is 9.37 Å². The Balaban J connectivity index is 3.33. The lowest BCUT2D eigenvalue weighted by molar-refractivity contribution is 0.560. The summed E-state index contributed by atoms with van der Waals surface area (Å²) in [6.45, 7) is 1.65. The highest BCUT2D eigenvalue weighted by molar-refractivity contribution is 9.10. The molecule has 0 radical (unpaired) electrons. The first-order valence-corrected chi connectivity index (χ1v) is 4.99. The predicted octanol–water partition coefficient (Wildman–Crippen LogP) is 2.48. The molecule has 0 bridgehead atoms.